The molecule has 1 atom stereocenters. The van der Waals surface area contributed by atoms with Gasteiger partial charge in [-0.1, -0.05) is 12.1 Å². The molecule has 0 heterocycles. The van der Waals surface area contributed by atoms with E-state index in [2.05, 4.69) is 0 Å². The van der Waals surface area contributed by atoms with Crippen LogP contribution in [0.1, 0.15) is 11.1 Å². The van der Waals surface area contributed by atoms with Gasteiger partial charge in [0.05, 0.1) is 10.9 Å². The highest BCUT2D eigenvalue weighted by atomic mass is 32.2. The van der Waals surface area contributed by atoms with Crippen LogP contribution in [0, 0.1) is 13.8 Å². The highest BCUT2D eigenvalue weighted by Gasteiger charge is 2.09. The summed E-state index contributed by atoms with van der Waals surface area (Å²) in [6.45, 7) is 3.37. The van der Waals surface area contributed by atoms with E-state index >= 15 is 0 Å². The first-order chi connectivity index (χ1) is 6.02. The second-order valence-corrected chi connectivity index (χ2v) is 4.01. The molecule has 0 aliphatic rings. The Hall–Kier alpha value is -0.770. The van der Waals surface area contributed by atoms with Crippen molar-refractivity contribution >= 4 is 16.2 Å². The summed E-state index contributed by atoms with van der Waals surface area (Å²) in [5.74, 6) is 0. The maximum atomic E-state index is 12.9. The number of rotatable bonds is 1. The summed E-state index contributed by atoms with van der Waals surface area (Å²) in [4.78, 5) is 0.0833. The summed E-state index contributed by atoms with van der Waals surface area (Å²) in [6.07, 6.45) is 0. The van der Waals surface area contributed by atoms with Gasteiger partial charge in [-0.05, 0) is 31.0 Å². The smallest absolute Gasteiger partial charge is 0.163 e. The van der Waals surface area contributed by atoms with Crippen molar-refractivity contribution in [3.63, 3.8) is 0 Å². The molecule has 0 bridgehead atoms. The first kappa shape index (κ1) is 10.3. The zero-order valence-electron chi connectivity index (χ0n) is 7.27. The van der Waals surface area contributed by atoms with E-state index in [1.165, 1.54) is 6.07 Å². The molecule has 0 aliphatic carbocycles. The molecule has 1 aromatic carbocycles. The fraction of sp³-hybridized carbons (Fsp3) is 0.222. The van der Waals surface area contributed by atoms with Crippen LogP contribution >= 0.6 is 10.9 Å². The first-order valence-corrected chi connectivity index (χ1v) is 4.80. The normalized spacial score (nSPS) is 12.7. The highest BCUT2D eigenvalue weighted by molar-refractivity contribution is 8.11. The summed E-state index contributed by atoms with van der Waals surface area (Å²) in [5.41, 5.74) is 1.35. The van der Waals surface area contributed by atoms with Crippen molar-refractivity contribution in [1.29, 1.82) is 0 Å². The van der Waals surface area contributed by atoms with Gasteiger partial charge < -0.3 is 0 Å². The lowest BCUT2D eigenvalue weighted by atomic mass is 10.2. The minimum absolute atomic E-state index is 0.0833. The fourth-order valence-electron chi connectivity index (χ4n) is 0.984. The molecule has 0 nitrogen and oxygen atoms in total. The predicted octanol–water partition coefficient (Wildman–Crippen LogP) is 3.84. The summed E-state index contributed by atoms with van der Waals surface area (Å²) < 4.78 is 36.9. The molecule has 0 aliphatic heterocycles. The van der Waals surface area contributed by atoms with Crippen LogP contribution < -0.4 is 0 Å². The maximum absolute atomic E-state index is 12.9. The Morgan fingerprint density at radius 2 is 1.85 bits per heavy atom. The molecular formula is C9H9F3S. The molecular weight excluding hydrogens is 197 g/mol. The minimum Gasteiger partial charge on any atom is -0.163 e. The summed E-state index contributed by atoms with van der Waals surface area (Å²) in [7, 11) is -2.52. The first-order valence-electron chi connectivity index (χ1n) is 3.68. The molecule has 0 spiro atoms. The standard InChI is InChI=1S/C9H9F3S/c1-6-3-4-7(2)8(5-6)13(12)9(10)11/h3-5H,1-2H3. The van der Waals surface area contributed by atoms with E-state index in [0.29, 0.717) is 5.56 Å². The summed E-state index contributed by atoms with van der Waals surface area (Å²) in [5, 5.41) is -2.16. The molecule has 0 saturated carbocycles. The van der Waals surface area contributed by atoms with Crippen LogP contribution in [-0.2, 0) is 0 Å². The molecule has 72 valence electrons. The van der Waals surface area contributed by atoms with E-state index in [0.717, 1.165) is 5.56 Å². The Balaban J connectivity index is 3.29. The van der Waals surface area contributed by atoms with E-state index < -0.39 is 16.2 Å². The fourth-order valence-corrected chi connectivity index (χ4v) is 1.79. The van der Waals surface area contributed by atoms with Gasteiger partial charge in [-0.25, -0.2) is 0 Å². The Kier molecular flexibility index (Phi) is 3.14. The number of hydrogen-bond donors (Lipinski definition) is 0. The van der Waals surface area contributed by atoms with E-state index in [4.69, 9.17) is 0 Å². The second-order valence-electron chi connectivity index (χ2n) is 2.75. The third kappa shape index (κ3) is 2.34. The SMILES string of the molecule is Cc1ccc(C)c(S(F)=C(F)F)c1. The van der Waals surface area contributed by atoms with Crippen molar-refractivity contribution in [3.8, 4) is 0 Å². The third-order valence-corrected chi connectivity index (χ3v) is 2.77. The summed E-state index contributed by atoms with van der Waals surface area (Å²) in [6, 6.07) is 4.87. The van der Waals surface area contributed by atoms with E-state index in [1.54, 1.807) is 26.0 Å². The van der Waals surface area contributed by atoms with E-state index in [-0.39, 0.29) is 4.90 Å². The van der Waals surface area contributed by atoms with Gasteiger partial charge in [-0.3, -0.25) is 0 Å². The quantitative estimate of drug-likeness (QED) is 0.483. The van der Waals surface area contributed by atoms with Crippen molar-refractivity contribution in [2.45, 2.75) is 18.7 Å². The maximum Gasteiger partial charge on any atom is 0.328 e. The Morgan fingerprint density at radius 1 is 1.23 bits per heavy atom. The van der Waals surface area contributed by atoms with Crippen LogP contribution in [0.2, 0.25) is 0 Å². The van der Waals surface area contributed by atoms with Crippen LogP contribution in [-0.4, -0.2) is 5.37 Å². The van der Waals surface area contributed by atoms with Gasteiger partial charge >= 0.3 is 5.37 Å². The third-order valence-electron chi connectivity index (χ3n) is 1.67. The second kappa shape index (κ2) is 3.96. The average Bonchev–Trinajstić information content (AvgIpc) is 2.08. The molecule has 0 amide bonds. The Morgan fingerprint density at radius 3 is 2.38 bits per heavy atom. The van der Waals surface area contributed by atoms with Crippen LogP contribution in [0.15, 0.2) is 23.1 Å². The van der Waals surface area contributed by atoms with Gasteiger partial charge in [0.1, 0.15) is 0 Å². The molecule has 0 radical (unpaired) electrons. The lowest BCUT2D eigenvalue weighted by Crippen LogP contribution is -1.84. The molecule has 0 N–H and O–H groups in total. The van der Waals surface area contributed by atoms with Gasteiger partial charge in [0.25, 0.3) is 0 Å². The van der Waals surface area contributed by atoms with Gasteiger partial charge in [-0.15, -0.1) is 0 Å². The number of hydrogen-bond acceptors (Lipinski definition) is 0. The van der Waals surface area contributed by atoms with Crippen LogP contribution in [0.5, 0.6) is 0 Å². The largest absolute Gasteiger partial charge is 0.328 e. The zero-order chi connectivity index (χ0) is 10.0. The molecule has 1 aromatic rings. The van der Waals surface area contributed by atoms with Gasteiger partial charge in [0.2, 0.25) is 0 Å². The molecule has 0 saturated heterocycles. The monoisotopic (exact) mass is 206 g/mol. The zero-order valence-corrected chi connectivity index (χ0v) is 8.09. The predicted molar refractivity (Wildman–Crippen MR) is 50.1 cm³/mol. The molecule has 4 heteroatoms. The molecule has 1 unspecified atom stereocenters. The molecule has 0 aromatic heterocycles. The minimum atomic E-state index is -2.52. The van der Waals surface area contributed by atoms with Gasteiger partial charge in [0, 0.05) is 4.90 Å². The molecule has 0 fully saturated rings. The topological polar surface area (TPSA) is 0 Å². The van der Waals surface area contributed by atoms with Crippen molar-refractivity contribution < 1.29 is 12.7 Å². The lowest BCUT2D eigenvalue weighted by Gasteiger charge is -2.03. The number of benzene rings is 1. The highest BCUT2D eigenvalue weighted by Crippen LogP contribution is 2.33. The van der Waals surface area contributed by atoms with Crippen molar-refractivity contribution in [2.24, 2.45) is 0 Å². The van der Waals surface area contributed by atoms with Gasteiger partial charge in [0.15, 0.2) is 0 Å². The van der Waals surface area contributed by atoms with Crippen molar-refractivity contribution in [2.75, 3.05) is 0 Å². The summed E-state index contributed by atoms with van der Waals surface area (Å²) >= 11 is 0. The van der Waals surface area contributed by atoms with E-state index in [9.17, 15) is 12.7 Å². The van der Waals surface area contributed by atoms with Crippen molar-refractivity contribution in [3.05, 3.63) is 29.3 Å². The van der Waals surface area contributed by atoms with Crippen LogP contribution in [0.25, 0.3) is 0 Å². The van der Waals surface area contributed by atoms with Crippen LogP contribution in [0.3, 0.4) is 0 Å². The number of aryl methyl sites for hydroxylation is 2. The lowest BCUT2D eigenvalue weighted by molar-refractivity contribution is 0.638. The van der Waals surface area contributed by atoms with Crippen molar-refractivity contribution in [1.82, 2.24) is 0 Å². The Labute approximate surface area is 77.6 Å². The Bertz CT molecular complexity index is 354. The average molecular weight is 206 g/mol. The molecule has 1 rings (SSSR count). The number of halogens is 3. The van der Waals surface area contributed by atoms with Crippen LogP contribution in [0.4, 0.5) is 12.7 Å². The molecule has 13 heavy (non-hydrogen) atoms. The van der Waals surface area contributed by atoms with Gasteiger partial charge in [-0.2, -0.15) is 12.7 Å². The van der Waals surface area contributed by atoms with E-state index in [1.807, 2.05) is 0 Å².